The first-order valence-corrected chi connectivity index (χ1v) is 8.11. The van der Waals surface area contributed by atoms with Gasteiger partial charge < -0.3 is 9.84 Å². The Balaban J connectivity index is 1.78. The SMILES string of the molecule is Cn1ncc(C(=O)c2ccc3nccc(Oc4ccccc4F)c3c2)c1O. The molecule has 0 aliphatic rings. The summed E-state index contributed by atoms with van der Waals surface area (Å²) in [7, 11) is 1.54. The number of rotatable bonds is 4. The van der Waals surface area contributed by atoms with Gasteiger partial charge in [0.25, 0.3) is 0 Å². The van der Waals surface area contributed by atoms with E-state index in [0.29, 0.717) is 22.2 Å². The van der Waals surface area contributed by atoms with E-state index in [1.54, 1.807) is 42.6 Å². The van der Waals surface area contributed by atoms with Gasteiger partial charge in [-0.15, -0.1) is 0 Å². The van der Waals surface area contributed by atoms with Crippen molar-refractivity contribution in [1.29, 1.82) is 0 Å². The summed E-state index contributed by atoms with van der Waals surface area (Å²) >= 11 is 0. The van der Waals surface area contributed by atoms with E-state index in [1.807, 2.05) is 0 Å². The number of hydrogen-bond acceptors (Lipinski definition) is 5. The first kappa shape index (κ1) is 16.7. The van der Waals surface area contributed by atoms with Crippen LogP contribution < -0.4 is 4.74 Å². The highest BCUT2D eigenvalue weighted by molar-refractivity contribution is 6.12. The lowest BCUT2D eigenvalue weighted by atomic mass is 10.0. The third kappa shape index (κ3) is 2.99. The van der Waals surface area contributed by atoms with Gasteiger partial charge in [0.1, 0.15) is 11.3 Å². The Hall–Kier alpha value is -3.74. The number of ether oxygens (including phenoxy) is 1. The van der Waals surface area contributed by atoms with Crippen LogP contribution in [-0.2, 0) is 7.05 Å². The molecule has 134 valence electrons. The van der Waals surface area contributed by atoms with Gasteiger partial charge in [0, 0.05) is 24.2 Å². The number of pyridine rings is 1. The smallest absolute Gasteiger partial charge is 0.220 e. The van der Waals surface area contributed by atoms with E-state index in [0.717, 1.165) is 0 Å². The fraction of sp³-hybridized carbons (Fsp3) is 0.0500. The average Bonchev–Trinajstić information content (AvgIpc) is 3.02. The van der Waals surface area contributed by atoms with E-state index in [2.05, 4.69) is 10.1 Å². The molecular formula is C20H14FN3O3. The minimum absolute atomic E-state index is 0.0756. The van der Waals surface area contributed by atoms with Crippen molar-refractivity contribution in [1.82, 2.24) is 14.8 Å². The molecule has 0 unspecified atom stereocenters. The van der Waals surface area contributed by atoms with Crippen molar-refractivity contribution in [2.45, 2.75) is 0 Å². The van der Waals surface area contributed by atoms with E-state index in [4.69, 9.17) is 4.74 Å². The molecule has 4 rings (SSSR count). The molecule has 0 saturated carbocycles. The number of fused-ring (bicyclic) bond motifs is 1. The summed E-state index contributed by atoms with van der Waals surface area (Å²) in [5, 5.41) is 14.4. The molecular weight excluding hydrogens is 349 g/mol. The standard InChI is InChI=1S/C20H14FN3O3/c1-24-20(26)14(11-23-24)19(25)12-6-7-16-13(10-12)17(8-9-22-16)27-18-5-3-2-4-15(18)21/h2-11,26H,1H3. The minimum Gasteiger partial charge on any atom is -0.493 e. The van der Waals surface area contributed by atoms with Gasteiger partial charge in [-0.3, -0.25) is 9.78 Å². The number of benzene rings is 2. The van der Waals surface area contributed by atoms with Crippen LogP contribution in [0.5, 0.6) is 17.4 Å². The molecule has 0 saturated heterocycles. The zero-order valence-electron chi connectivity index (χ0n) is 14.3. The third-order valence-electron chi connectivity index (χ3n) is 4.17. The van der Waals surface area contributed by atoms with Gasteiger partial charge in [-0.05, 0) is 36.4 Å². The number of para-hydroxylation sites is 1. The number of aromatic nitrogens is 3. The molecule has 2 aromatic carbocycles. The van der Waals surface area contributed by atoms with Crippen molar-refractivity contribution in [2.24, 2.45) is 7.05 Å². The fourth-order valence-corrected chi connectivity index (χ4v) is 2.74. The molecule has 27 heavy (non-hydrogen) atoms. The first-order valence-electron chi connectivity index (χ1n) is 8.11. The lowest BCUT2D eigenvalue weighted by molar-refractivity contribution is 0.103. The maximum Gasteiger partial charge on any atom is 0.220 e. The van der Waals surface area contributed by atoms with Crippen LogP contribution in [0.1, 0.15) is 15.9 Å². The summed E-state index contributed by atoms with van der Waals surface area (Å²) in [5.41, 5.74) is 1.02. The second kappa shape index (κ2) is 6.53. The maximum atomic E-state index is 13.9. The zero-order chi connectivity index (χ0) is 19.0. The summed E-state index contributed by atoms with van der Waals surface area (Å²) in [6.45, 7) is 0. The van der Waals surface area contributed by atoms with E-state index >= 15 is 0 Å². The summed E-state index contributed by atoms with van der Waals surface area (Å²) in [6, 6.07) is 12.5. The molecule has 4 aromatic rings. The van der Waals surface area contributed by atoms with E-state index in [1.165, 1.54) is 30.1 Å². The monoisotopic (exact) mass is 363 g/mol. The van der Waals surface area contributed by atoms with Crippen LogP contribution in [0.4, 0.5) is 4.39 Å². The predicted molar refractivity (Wildman–Crippen MR) is 96.5 cm³/mol. The van der Waals surface area contributed by atoms with E-state index in [9.17, 15) is 14.3 Å². The van der Waals surface area contributed by atoms with Crippen LogP contribution in [0, 0.1) is 5.82 Å². The van der Waals surface area contributed by atoms with Crippen LogP contribution >= 0.6 is 0 Å². The van der Waals surface area contributed by atoms with E-state index < -0.39 is 5.82 Å². The highest BCUT2D eigenvalue weighted by atomic mass is 19.1. The number of carbonyl (C=O) groups excluding carboxylic acids is 1. The largest absolute Gasteiger partial charge is 0.493 e. The number of hydrogen-bond donors (Lipinski definition) is 1. The summed E-state index contributed by atoms with van der Waals surface area (Å²) < 4.78 is 20.8. The number of aromatic hydroxyl groups is 1. The molecule has 1 N–H and O–H groups in total. The number of carbonyl (C=O) groups is 1. The van der Waals surface area contributed by atoms with Gasteiger partial charge in [-0.1, -0.05) is 12.1 Å². The zero-order valence-corrected chi connectivity index (χ0v) is 14.3. The Morgan fingerprint density at radius 2 is 1.96 bits per heavy atom. The van der Waals surface area contributed by atoms with Crippen LogP contribution in [0.15, 0.2) is 60.9 Å². The van der Waals surface area contributed by atoms with Crippen molar-refractivity contribution in [3.05, 3.63) is 77.9 Å². The van der Waals surface area contributed by atoms with Gasteiger partial charge in [0.05, 0.1) is 11.7 Å². The molecule has 0 spiro atoms. The Labute approximate surface area is 153 Å². The van der Waals surface area contributed by atoms with Crippen molar-refractivity contribution in [3.8, 4) is 17.4 Å². The molecule has 2 heterocycles. The number of aryl methyl sites for hydroxylation is 1. The van der Waals surface area contributed by atoms with Crippen molar-refractivity contribution in [3.63, 3.8) is 0 Å². The topological polar surface area (TPSA) is 77.2 Å². The molecule has 0 radical (unpaired) electrons. The second-order valence-electron chi connectivity index (χ2n) is 5.91. The average molecular weight is 363 g/mol. The van der Waals surface area contributed by atoms with Gasteiger partial charge in [0.2, 0.25) is 5.88 Å². The van der Waals surface area contributed by atoms with Gasteiger partial charge in [-0.2, -0.15) is 5.10 Å². The van der Waals surface area contributed by atoms with Crippen molar-refractivity contribution in [2.75, 3.05) is 0 Å². The number of nitrogens with zero attached hydrogens (tertiary/aromatic N) is 3. The number of halogens is 1. The Morgan fingerprint density at radius 3 is 2.70 bits per heavy atom. The third-order valence-corrected chi connectivity index (χ3v) is 4.17. The lowest BCUT2D eigenvalue weighted by Gasteiger charge is -2.10. The Kier molecular flexibility index (Phi) is 4.04. The van der Waals surface area contributed by atoms with Crippen LogP contribution in [0.2, 0.25) is 0 Å². The normalized spacial score (nSPS) is 10.9. The maximum absolute atomic E-state index is 13.9. The summed E-state index contributed by atoms with van der Waals surface area (Å²) in [5.74, 6) is -0.644. The summed E-state index contributed by atoms with van der Waals surface area (Å²) in [4.78, 5) is 17.0. The van der Waals surface area contributed by atoms with Crippen LogP contribution in [0.25, 0.3) is 10.9 Å². The van der Waals surface area contributed by atoms with Gasteiger partial charge >= 0.3 is 0 Å². The van der Waals surface area contributed by atoms with Crippen molar-refractivity contribution >= 4 is 16.7 Å². The molecule has 0 fully saturated rings. The quantitative estimate of drug-likeness (QED) is 0.558. The predicted octanol–water partition coefficient (Wildman–Crippen LogP) is 3.84. The molecule has 0 aliphatic carbocycles. The fourth-order valence-electron chi connectivity index (χ4n) is 2.74. The van der Waals surface area contributed by atoms with Crippen LogP contribution in [-0.4, -0.2) is 25.7 Å². The second-order valence-corrected chi connectivity index (χ2v) is 5.91. The molecule has 0 bridgehead atoms. The Bertz CT molecular complexity index is 1170. The molecule has 2 aromatic heterocycles. The van der Waals surface area contributed by atoms with E-state index in [-0.39, 0.29) is 23.0 Å². The molecule has 0 atom stereocenters. The molecule has 0 aliphatic heterocycles. The number of ketones is 1. The highest BCUT2D eigenvalue weighted by Crippen LogP contribution is 2.31. The van der Waals surface area contributed by atoms with Gasteiger partial charge in [-0.25, -0.2) is 9.07 Å². The van der Waals surface area contributed by atoms with Crippen LogP contribution in [0.3, 0.4) is 0 Å². The highest BCUT2D eigenvalue weighted by Gasteiger charge is 2.18. The first-order chi connectivity index (χ1) is 13.0. The minimum atomic E-state index is -0.491. The lowest BCUT2D eigenvalue weighted by Crippen LogP contribution is -2.01. The van der Waals surface area contributed by atoms with Gasteiger partial charge in [0.15, 0.2) is 17.3 Å². The summed E-state index contributed by atoms with van der Waals surface area (Å²) in [6.07, 6.45) is 2.86. The Morgan fingerprint density at radius 1 is 1.15 bits per heavy atom. The molecule has 6 nitrogen and oxygen atoms in total. The molecule has 7 heteroatoms. The molecule has 0 amide bonds. The van der Waals surface area contributed by atoms with Crippen molar-refractivity contribution < 1.29 is 19.0 Å².